The molecule has 0 radical (unpaired) electrons. The number of carbonyl (C=O) groups is 3. The highest BCUT2D eigenvalue weighted by Gasteiger charge is 2.41. The van der Waals surface area contributed by atoms with Gasteiger partial charge in [-0.25, -0.2) is 13.1 Å². The number of hydrogen-bond donors (Lipinski definition) is 3. The number of rotatable bonds is 12. The Bertz CT molecular complexity index is 1530. The Morgan fingerprint density at radius 2 is 1.37 bits per heavy atom. The smallest absolute Gasteiger partial charge is 0.264 e. The van der Waals surface area contributed by atoms with Gasteiger partial charge in [0.25, 0.3) is 15.9 Å². The fourth-order valence-corrected chi connectivity index (χ4v) is 6.64. The first-order valence-corrected chi connectivity index (χ1v) is 17.2. The van der Waals surface area contributed by atoms with Gasteiger partial charge in [-0.3, -0.25) is 14.4 Å². The van der Waals surface area contributed by atoms with Gasteiger partial charge in [-0.2, -0.15) is 0 Å². The van der Waals surface area contributed by atoms with E-state index in [1.54, 1.807) is 32.3 Å². The number of nitrogens with one attached hydrogen (secondary N) is 3. The number of benzene rings is 2. The Balaban J connectivity index is 2.36. The summed E-state index contributed by atoms with van der Waals surface area (Å²) in [4.78, 5) is 42.6. The first kappa shape index (κ1) is 38.7. The monoisotopic (exact) mass is 654 g/mol. The maximum atomic E-state index is 14.1. The number of carbonyl (C=O) groups excluding carboxylic acids is 3. The van der Waals surface area contributed by atoms with Gasteiger partial charge >= 0.3 is 0 Å². The van der Waals surface area contributed by atoms with Crippen LogP contribution in [0.15, 0.2) is 59.0 Å². The van der Waals surface area contributed by atoms with E-state index in [4.69, 9.17) is 0 Å². The number of aryl methyl sites for hydroxylation is 3. The third kappa shape index (κ3) is 9.51. The third-order valence-corrected chi connectivity index (χ3v) is 9.80. The van der Waals surface area contributed by atoms with E-state index in [2.05, 4.69) is 33.6 Å². The van der Waals surface area contributed by atoms with Crippen molar-refractivity contribution in [3.8, 4) is 0 Å². The topological polar surface area (TPSA) is 125 Å². The number of likely N-dealkylation sites (N-methyl/N-ethyl adjacent to an activating group) is 2. The molecule has 2 aromatic carbocycles. The van der Waals surface area contributed by atoms with E-state index in [0.717, 1.165) is 22.3 Å². The second-order valence-corrected chi connectivity index (χ2v) is 16.1. The van der Waals surface area contributed by atoms with Gasteiger partial charge in [0, 0.05) is 18.0 Å². The summed E-state index contributed by atoms with van der Waals surface area (Å²) in [5.41, 5.74) is 3.02. The van der Waals surface area contributed by atoms with Crippen LogP contribution in [0.4, 0.5) is 0 Å². The molecule has 10 heteroatoms. The van der Waals surface area contributed by atoms with Crippen LogP contribution < -0.4 is 15.4 Å². The van der Waals surface area contributed by atoms with Crippen molar-refractivity contribution in [2.45, 2.75) is 105 Å². The van der Waals surface area contributed by atoms with Crippen LogP contribution in [-0.2, 0) is 29.8 Å². The van der Waals surface area contributed by atoms with Gasteiger partial charge in [0.1, 0.15) is 6.04 Å². The molecular weight excluding hydrogens is 600 g/mol. The van der Waals surface area contributed by atoms with Crippen LogP contribution in [0.1, 0.15) is 77.6 Å². The molecule has 3 N–H and O–H groups in total. The van der Waals surface area contributed by atoms with Gasteiger partial charge in [0.05, 0.1) is 17.0 Å². The molecule has 0 aliphatic rings. The summed E-state index contributed by atoms with van der Waals surface area (Å²) in [5.74, 6) is -1.54. The summed E-state index contributed by atoms with van der Waals surface area (Å²) in [6.07, 6.45) is 1.60. The lowest BCUT2D eigenvalue weighted by molar-refractivity contribution is -0.140. The van der Waals surface area contributed by atoms with E-state index < -0.39 is 44.9 Å². The second kappa shape index (κ2) is 14.9. The minimum Gasteiger partial charge on any atom is -0.342 e. The van der Waals surface area contributed by atoms with E-state index >= 15 is 0 Å². The van der Waals surface area contributed by atoms with E-state index in [9.17, 15) is 22.8 Å². The largest absolute Gasteiger partial charge is 0.342 e. The highest BCUT2D eigenvalue weighted by atomic mass is 32.2. The van der Waals surface area contributed by atoms with Crippen LogP contribution in [0.3, 0.4) is 0 Å². The summed E-state index contributed by atoms with van der Waals surface area (Å²) in [5, 5.41) is 6.22. The van der Waals surface area contributed by atoms with E-state index in [-0.39, 0.29) is 28.2 Å². The summed E-state index contributed by atoms with van der Waals surface area (Å²) >= 11 is 0. The Kier molecular flexibility index (Phi) is 12.6. The van der Waals surface area contributed by atoms with E-state index in [1.165, 1.54) is 24.0 Å². The van der Waals surface area contributed by atoms with Crippen molar-refractivity contribution in [1.29, 1.82) is 0 Å². The average Bonchev–Trinajstić information content (AvgIpc) is 2.92. The number of hydrogen-bond acceptors (Lipinski definition) is 6. The summed E-state index contributed by atoms with van der Waals surface area (Å²) in [7, 11) is -0.709. The Morgan fingerprint density at radius 3 is 1.83 bits per heavy atom. The standard InChI is InChI=1S/C36H54N4O5S/c1-22(2)29(21-26(6)32(41)39-46(44,45)28-16-14-23(3)15-17-28)40(13)34(43)31(35(7,8)9)38-33(42)30(37-12)36(10,11)27-19-24(4)18-25(5)20-27/h14-22,29-31,37H,1-13H3,(H,38,42)(H,39,41)/b26-21+/t29-,30-,31-/m1/s1. The highest BCUT2D eigenvalue weighted by molar-refractivity contribution is 7.90. The zero-order valence-electron chi connectivity index (χ0n) is 29.8. The first-order chi connectivity index (χ1) is 21.0. The Hall–Kier alpha value is -3.50. The molecule has 0 spiro atoms. The molecule has 2 rings (SSSR count). The molecule has 9 nitrogen and oxygen atoms in total. The van der Waals surface area contributed by atoms with Crippen molar-refractivity contribution in [3.63, 3.8) is 0 Å². The molecule has 3 amide bonds. The molecule has 254 valence electrons. The normalized spacial score (nSPS) is 14.8. The highest BCUT2D eigenvalue weighted by Crippen LogP contribution is 2.30. The first-order valence-electron chi connectivity index (χ1n) is 15.7. The Morgan fingerprint density at radius 1 is 0.848 bits per heavy atom. The quantitative estimate of drug-likeness (QED) is 0.279. The van der Waals surface area contributed by atoms with Crippen molar-refractivity contribution in [1.82, 2.24) is 20.3 Å². The van der Waals surface area contributed by atoms with Gasteiger partial charge in [-0.1, -0.05) is 102 Å². The SMILES string of the molecule is CN[C@H](C(=O)N[C@H](C(=O)N(C)[C@H](/C=C(\C)C(=O)NS(=O)(=O)c1ccc(C)cc1)C(C)C)C(C)(C)C)C(C)(C)c1cc(C)cc(C)c1. The number of sulfonamides is 1. The molecule has 0 aliphatic heterocycles. The average molecular weight is 655 g/mol. The van der Waals surface area contributed by atoms with Crippen LogP contribution in [0.5, 0.6) is 0 Å². The molecule has 46 heavy (non-hydrogen) atoms. The molecule has 0 saturated heterocycles. The van der Waals surface area contributed by atoms with Crippen LogP contribution >= 0.6 is 0 Å². The van der Waals surface area contributed by atoms with Gasteiger partial charge in [-0.15, -0.1) is 0 Å². The Labute approximate surface area is 276 Å². The zero-order chi connectivity index (χ0) is 35.4. The molecule has 3 atom stereocenters. The predicted molar refractivity (Wildman–Crippen MR) is 185 cm³/mol. The molecule has 0 heterocycles. The van der Waals surface area contributed by atoms with Crippen molar-refractivity contribution in [2.75, 3.05) is 14.1 Å². The molecule has 0 saturated carbocycles. The maximum absolute atomic E-state index is 14.1. The maximum Gasteiger partial charge on any atom is 0.264 e. The lowest BCUT2D eigenvalue weighted by Crippen LogP contribution is -2.61. The third-order valence-electron chi connectivity index (χ3n) is 8.45. The molecule has 0 aliphatic carbocycles. The lowest BCUT2D eigenvalue weighted by atomic mass is 9.76. The minimum atomic E-state index is -4.08. The van der Waals surface area contributed by atoms with E-state index in [0.29, 0.717) is 0 Å². The van der Waals surface area contributed by atoms with Gasteiger partial charge in [-0.05, 0) is 63.8 Å². The van der Waals surface area contributed by atoms with Crippen LogP contribution in [-0.4, -0.2) is 63.3 Å². The number of nitrogens with zero attached hydrogens (tertiary/aromatic N) is 1. The van der Waals surface area contributed by atoms with Crippen LogP contribution in [0, 0.1) is 32.1 Å². The summed E-state index contributed by atoms with van der Waals surface area (Å²) in [6.45, 7) is 20.9. The zero-order valence-corrected chi connectivity index (χ0v) is 30.6. The predicted octanol–water partition coefficient (Wildman–Crippen LogP) is 4.94. The second-order valence-electron chi connectivity index (χ2n) is 14.4. The number of amides is 3. The summed E-state index contributed by atoms with van der Waals surface area (Å²) in [6, 6.07) is 10.4. The van der Waals surface area contributed by atoms with Crippen molar-refractivity contribution in [3.05, 3.63) is 76.4 Å². The minimum absolute atomic E-state index is 0.0173. The molecule has 0 unspecified atom stereocenters. The van der Waals surface area contributed by atoms with Gasteiger partial charge in [0.15, 0.2) is 0 Å². The van der Waals surface area contributed by atoms with Gasteiger partial charge < -0.3 is 15.5 Å². The molecule has 0 fully saturated rings. The van der Waals surface area contributed by atoms with Crippen molar-refractivity contribution >= 4 is 27.7 Å². The van der Waals surface area contributed by atoms with Gasteiger partial charge in [0.2, 0.25) is 11.8 Å². The lowest BCUT2D eigenvalue weighted by Gasteiger charge is -2.40. The molecular formula is C36H54N4O5S. The molecule has 0 aromatic heterocycles. The molecule has 2 aromatic rings. The van der Waals surface area contributed by atoms with E-state index in [1.807, 2.05) is 69.2 Å². The van der Waals surface area contributed by atoms with Crippen LogP contribution in [0.25, 0.3) is 0 Å². The summed E-state index contributed by atoms with van der Waals surface area (Å²) < 4.78 is 27.8. The van der Waals surface area contributed by atoms with Crippen LogP contribution in [0.2, 0.25) is 0 Å². The fourth-order valence-electron chi connectivity index (χ4n) is 5.62. The van der Waals surface area contributed by atoms with Crippen molar-refractivity contribution < 1.29 is 22.8 Å². The molecule has 0 bridgehead atoms. The fraction of sp³-hybridized carbons (Fsp3) is 0.528. The van der Waals surface area contributed by atoms with Crippen molar-refractivity contribution in [2.24, 2.45) is 11.3 Å².